The molecule has 130 valence electrons. The third-order valence-corrected chi connectivity index (χ3v) is 6.77. The Bertz CT molecular complexity index is 823. The Morgan fingerprint density at radius 3 is 2.96 bits per heavy atom. The lowest BCUT2D eigenvalue weighted by Crippen LogP contribution is -2.07. The van der Waals surface area contributed by atoms with Crippen molar-refractivity contribution in [2.45, 2.75) is 23.8 Å². The van der Waals surface area contributed by atoms with E-state index in [2.05, 4.69) is 10.2 Å². The molecular formula is C15H17ClN2O4S2. The molecular weight excluding hydrogens is 372 g/mol. The maximum Gasteiger partial charge on any atom is 0.276 e. The summed E-state index contributed by atoms with van der Waals surface area (Å²) in [5.41, 5.74) is 0.941. The summed E-state index contributed by atoms with van der Waals surface area (Å²) in [7, 11) is -1.28. The van der Waals surface area contributed by atoms with Gasteiger partial charge in [0.15, 0.2) is 9.84 Å². The average Bonchev–Trinajstić information content (AvgIpc) is 3.12. The van der Waals surface area contributed by atoms with Crippen molar-refractivity contribution in [3.8, 4) is 5.75 Å². The van der Waals surface area contributed by atoms with Gasteiger partial charge in [-0.2, -0.15) is 0 Å². The standard InChI is InChI=1S/C15H17ClN2O4S2/c1-21-13-3-2-12(16)7-11(13)8-23-15-18-17-14(22-15)6-10-4-5-24(19,20)9-10/h2-3,7,10H,4-6,8-9H2,1H3/t10-/m0/s1. The molecule has 1 aliphatic rings. The van der Waals surface area contributed by atoms with Crippen molar-refractivity contribution in [2.24, 2.45) is 5.92 Å². The minimum Gasteiger partial charge on any atom is -0.496 e. The monoisotopic (exact) mass is 388 g/mol. The van der Waals surface area contributed by atoms with Gasteiger partial charge in [0, 0.05) is 22.8 Å². The largest absolute Gasteiger partial charge is 0.496 e. The van der Waals surface area contributed by atoms with Crippen LogP contribution in [0.25, 0.3) is 0 Å². The number of thioether (sulfide) groups is 1. The van der Waals surface area contributed by atoms with Crippen LogP contribution in [-0.2, 0) is 22.0 Å². The lowest BCUT2D eigenvalue weighted by molar-refractivity contribution is 0.389. The molecule has 3 rings (SSSR count). The second-order valence-corrected chi connectivity index (χ2v) is 9.27. The zero-order valence-corrected chi connectivity index (χ0v) is 15.5. The smallest absolute Gasteiger partial charge is 0.276 e. The van der Waals surface area contributed by atoms with Gasteiger partial charge in [-0.05, 0) is 30.5 Å². The molecule has 6 nitrogen and oxygen atoms in total. The van der Waals surface area contributed by atoms with Gasteiger partial charge in [0.25, 0.3) is 5.22 Å². The van der Waals surface area contributed by atoms with E-state index < -0.39 is 9.84 Å². The van der Waals surface area contributed by atoms with Gasteiger partial charge in [0.2, 0.25) is 5.89 Å². The SMILES string of the molecule is COc1ccc(Cl)cc1CSc1nnc(C[C@@H]2CCS(=O)(=O)C2)o1. The highest BCUT2D eigenvalue weighted by molar-refractivity contribution is 7.98. The summed E-state index contributed by atoms with van der Waals surface area (Å²) in [6, 6.07) is 5.43. The Labute approximate surface area is 149 Å². The molecule has 2 heterocycles. The predicted molar refractivity (Wildman–Crippen MR) is 92.3 cm³/mol. The van der Waals surface area contributed by atoms with Crippen molar-refractivity contribution in [1.29, 1.82) is 0 Å². The van der Waals surface area contributed by atoms with Crippen LogP contribution in [0, 0.1) is 5.92 Å². The van der Waals surface area contributed by atoms with E-state index >= 15 is 0 Å². The third-order valence-electron chi connectivity index (χ3n) is 3.83. The summed E-state index contributed by atoms with van der Waals surface area (Å²) in [6.07, 6.45) is 1.17. The first-order valence-corrected chi connectivity index (χ1v) is 10.6. The average molecular weight is 389 g/mol. The highest BCUT2D eigenvalue weighted by Crippen LogP contribution is 2.30. The lowest BCUT2D eigenvalue weighted by atomic mass is 10.1. The number of hydrogen-bond donors (Lipinski definition) is 0. The quantitative estimate of drug-likeness (QED) is 0.703. The maximum atomic E-state index is 11.5. The Kier molecular flexibility index (Phi) is 5.36. The van der Waals surface area contributed by atoms with Gasteiger partial charge in [-0.3, -0.25) is 0 Å². The van der Waals surface area contributed by atoms with Crippen LogP contribution >= 0.6 is 23.4 Å². The van der Waals surface area contributed by atoms with Crippen molar-refractivity contribution < 1.29 is 17.6 Å². The van der Waals surface area contributed by atoms with Crippen LogP contribution in [0.15, 0.2) is 27.8 Å². The van der Waals surface area contributed by atoms with E-state index in [-0.39, 0.29) is 17.4 Å². The molecule has 1 aromatic carbocycles. The first kappa shape index (κ1) is 17.6. The molecule has 1 aliphatic heterocycles. The Morgan fingerprint density at radius 2 is 2.25 bits per heavy atom. The van der Waals surface area contributed by atoms with Crippen LogP contribution in [0.3, 0.4) is 0 Å². The third kappa shape index (κ3) is 4.43. The number of halogens is 1. The van der Waals surface area contributed by atoms with E-state index in [4.69, 9.17) is 20.8 Å². The lowest BCUT2D eigenvalue weighted by Gasteiger charge is -2.07. The summed E-state index contributed by atoms with van der Waals surface area (Å²) in [4.78, 5) is 0. The molecule has 9 heteroatoms. The van der Waals surface area contributed by atoms with Crippen molar-refractivity contribution in [3.05, 3.63) is 34.7 Å². The molecule has 1 atom stereocenters. The van der Waals surface area contributed by atoms with Gasteiger partial charge in [-0.25, -0.2) is 8.42 Å². The van der Waals surface area contributed by atoms with E-state index in [0.29, 0.717) is 34.7 Å². The fourth-order valence-electron chi connectivity index (χ4n) is 2.66. The van der Waals surface area contributed by atoms with Crippen molar-refractivity contribution in [3.63, 3.8) is 0 Å². The molecule has 2 aromatic rings. The van der Waals surface area contributed by atoms with Crippen molar-refractivity contribution in [1.82, 2.24) is 10.2 Å². The number of aromatic nitrogens is 2. The van der Waals surface area contributed by atoms with Crippen molar-refractivity contribution in [2.75, 3.05) is 18.6 Å². The molecule has 24 heavy (non-hydrogen) atoms. The highest BCUT2D eigenvalue weighted by atomic mass is 35.5. The molecule has 1 saturated heterocycles. The number of rotatable bonds is 6. The first-order valence-electron chi connectivity index (χ1n) is 7.43. The van der Waals surface area contributed by atoms with Crippen LogP contribution < -0.4 is 4.74 Å². The number of benzene rings is 1. The molecule has 0 amide bonds. The van der Waals surface area contributed by atoms with Gasteiger partial charge in [0.1, 0.15) is 5.75 Å². The van der Waals surface area contributed by atoms with Gasteiger partial charge in [-0.15, -0.1) is 10.2 Å². The minimum absolute atomic E-state index is 0.0707. The Morgan fingerprint density at radius 1 is 1.42 bits per heavy atom. The fourth-order valence-corrected chi connectivity index (χ4v) is 5.47. The topological polar surface area (TPSA) is 82.3 Å². The molecule has 1 aromatic heterocycles. The molecule has 0 bridgehead atoms. The first-order chi connectivity index (χ1) is 11.4. The molecule has 0 unspecified atom stereocenters. The molecule has 0 aliphatic carbocycles. The summed E-state index contributed by atoms with van der Waals surface area (Å²) >= 11 is 7.41. The zero-order valence-electron chi connectivity index (χ0n) is 13.1. The van der Waals surface area contributed by atoms with Crippen LogP contribution in [0.4, 0.5) is 0 Å². The highest BCUT2D eigenvalue weighted by Gasteiger charge is 2.29. The molecule has 0 radical (unpaired) electrons. The van der Waals surface area contributed by atoms with E-state index in [9.17, 15) is 8.42 Å². The summed E-state index contributed by atoms with van der Waals surface area (Å²) in [5, 5.41) is 9.11. The molecule has 0 saturated carbocycles. The molecule has 0 N–H and O–H groups in total. The van der Waals surface area contributed by atoms with Gasteiger partial charge in [0.05, 0.1) is 18.6 Å². The second kappa shape index (κ2) is 7.33. The van der Waals surface area contributed by atoms with Crippen LogP contribution in [0.5, 0.6) is 5.75 Å². The summed E-state index contributed by atoms with van der Waals surface area (Å²) in [5.74, 6) is 2.35. The van der Waals surface area contributed by atoms with E-state index in [1.165, 1.54) is 11.8 Å². The van der Waals surface area contributed by atoms with Gasteiger partial charge in [-0.1, -0.05) is 23.4 Å². The zero-order chi connectivity index (χ0) is 17.2. The number of nitrogens with zero attached hydrogens (tertiary/aromatic N) is 2. The summed E-state index contributed by atoms with van der Waals surface area (Å²) < 4.78 is 33.9. The van der Waals surface area contributed by atoms with Gasteiger partial charge >= 0.3 is 0 Å². The van der Waals surface area contributed by atoms with E-state index in [1.54, 1.807) is 13.2 Å². The predicted octanol–water partition coefficient (Wildman–Crippen LogP) is 3.00. The Balaban J connectivity index is 1.60. The van der Waals surface area contributed by atoms with Crippen LogP contribution in [0.1, 0.15) is 17.9 Å². The van der Waals surface area contributed by atoms with Gasteiger partial charge < -0.3 is 9.15 Å². The molecule has 0 spiro atoms. The number of ether oxygens (including phenoxy) is 1. The fraction of sp³-hybridized carbons (Fsp3) is 0.467. The normalized spacial score (nSPS) is 19.5. The van der Waals surface area contributed by atoms with Crippen molar-refractivity contribution >= 4 is 33.2 Å². The van der Waals surface area contributed by atoms with Crippen LogP contribution in [-0.4, -0.2) is 37.2 Å². The number of methoxy groups -OCH3 is 1. The Hall–Kier alpha value is -1.25. The van der Waals surface area contributed by atoms with Crippen LogP contribution in [0.2, 0.25) is 5.02 Å². The summed E-state index contributed by atoms with van der Waals surface area (Å²) in [6.45, 7) is 0. The van der Waals surface area contributed by atoms with E-state index in [0.717, 1.165) is 11.3 Å². The molecule has 1 fully saturated rings. The number of hydrogen-bond acceptors (Lipinski definition) is 7. The second-order valence-electron chi connectivity index (χ2n) is 5.68. The number of sulfone groups is 1. The van der Waals surface area contributed by atoms with E-state index in [1.807, 2.05) is 12.1 Å². The minimum atomic E-state index is -2.89. The maximum absolute atomic E-state index is 11.5.